The largest absolute Gasteiger partial charge is 0.333 e. The molecular weight excluding hydrogens is 439 g/mol. The SMILES string of the molecule is Cc1nc2[nH]n(C)c(=O)c2c(C)c1CCC(=O)N1CCNCC1c1cccnc1.Cl.Cl. The van der Waals surface area contributed by atoms with Gasteiger partial charge in [0.1, 0.15) is 0 Å². The molecule has 1 aliphatic heterocycles. The molecule has 0 aliphatic carbocycles. The second-order valence-corrected chi connectivity index (χ2v) is 7.59. The van der Waals surface area contributed by atoms with Crippen LogP contribution in [0.2, 0.25) is 0 Å². The van der Waals surface area contributed by atoms with E-state index >= 15 is 0 Å². The summed E-state index contributed by atoms with van der Waals surface area (Å²) in [5, 5.41) is 6.96. The van der Waals surface area contributed by atoms with Crippen LogP contribution in [0.5, 0.6) is 0 Å². The van der Waals surface area contributed by atoms with Crippen LogP contribution in [-0.4, -0.2) is 50.2 Å². The lowest BCUT2D eigenvalue weighted by atomic mass is 9.99. The predicted octanol–water partition coefficient (Wildman–Crippen LogP) is 2.22. The van der Waals surface area contributed by atoms with Gasteiger partial charge in [0.2, 0.25) is 5.91 Å². The Morgan fingerprint density at radius 1 is 1.29 bits per heavy atom. The number of piperazine rings is 1. The Morgan fingerprint density at radius 2 is 2.06 bits per heavy atom. The molecule has 0 spiro atoms. The Balaban J connectivity index is 0.00000171. The molecular formula is C21H28Cl2N6O2. The summed E-state index contributed by atoms with van der Waals surface area (Å²) in [6.07, 6.45) is 4.52. The zero-order valence-corrected chi connectivity index (χ0v) is 19.5. The summed E-state index contributed by atoms with van der Waals surface area (Å²) >= 11 is 0. The molecule has 3 aromatic heterocycles. The lowest BCUT2D eigenvalue weighted by Crippen LogP contribution is -2.48. The van der Waals surface area contributed by atoms with Gasteiger partial charge in [-0.25, -0.2) is 4.98 Å². The molecule has 31 heavy (non-hydrogen) atoms. The van der Waals surface area contributed by atoms with Crippen LogP contribution in [0.4, 0.5) is 0 Å². The molecule has 10 heteroatoms. The van der Waals surface area contributed by atoms with Crippen molar-refractivity contribution in [1.29, 1.82) is 0 Å². The Bertz CT molecular complexity index is 1110. The van der Waals surface area contributed by atoms with Crippen LogP contribution in [0.1, 0.15) is 34.8 Å². The first-order chi connectivity index (χ1) is 14.0. The van der Waals surface area contributed by atoms with Crippen LogP contribution in [0, 0.1) is 13.8 Å². The number of aryl methyl sites for hydroxylation is 3. The fraction of sp³-hybridized carbons (Fsp3) is 0.429. The molecule has 1 amide bonds. The molecule has 1 saturated heterocycles. The minimum Gasteiger partial charge on any atom is -0.333 e. The molecule has 8 nitrogen and oxygen atoms in total. The van der Waals surface area contributed by atoms with Gasteiger partial charge in [-0.3, -0.25) is 24.4 Å². The van der Waals surface area contributed by atoms with Crippen molar-refractivity contribution in [2.24, 2.45) is 7.05 Å². The Kier molecular flexibility index (Phi) is 8.22. The number of amides is 1. The number of rotatable bonds is 4. The van der Waals surface area contributed by atoms with Crippen molar-refractivity contribution < 1.29 is 4.79 Å². The van der Waals surface area contributed by atoms with Gasteiger partial charge in [0.25, 0.3) is 5.56 Å². The van der Waals surface area contributed by atoms with Crippen LogP contribution in [0.3, 0.4) is 0 Å². The molecule has 1 unspecified atom stereocenters. The summed E-state index contributed by atoms with van der Waals surface area (Å²) in [6.45, 7) is 6.05. The molecule has 0 aromatic carbocycles. The number of nitrogens with zero attached hydrogens (tertiary/aromatic N) is 4. The molecule has 0 bridgehead atoms. The summed E-state index contributed by atoms with van der Waals surface area (Å²) in [7, 11) is 1.69. The highest BCUT2D eigenvalue weighted by Gasteiger charge is 2.28. The molecule has 3 aromatic rings. The molecule has 4 heterocycles. The third-order valence-electron chi connectivity index (χ3n) is 5.79. The van der Waals surface area contributed by atoms with Crippen LogP contribution in [0.25, 0.3) is 11.0 Å². The molecule has 168 valence electrons. The smallest absolute Gasteiger partial charge is 0.276 e. The molecule has 0 radical (unpaired) electrons. The average molecular weight is 467 g/mol. The third-order valence-corrected chi connectivity index (χ3v) is 5.79. The second kappa shape index (κ2) is 10.3. The molecule has 1 atom stereocenters. The maximum Gasteiger partial charge on any atom is 0.276 e. The van der Waals surface area contributed by atoms with E-state index in [1.807, 2.05) is 37.1 Å². The molecule has 1 aliphatic rings. The quantitative estimate of drug-likeness (QED) is 0.614. The predicted molar refractivity (Wildman–Crippen MR) is 125 cm³/mol. The summed E-state index contributed by atoms with van der Waals surface area (Å²) < 4.78 is 1.44. The van der Waals surface area contributed by atoms with E-state index in [2.05, 4.69) is 20.4 Å². The van der Waals surface area contributed by atoms with Gasteiger partial charge in [0, 0.05) is 51.2 Å². The van der Waals surface area contributed by atoms with Crippen LogP contribution < -0.4 is 10.9 Å². The van der Waals surface area contributed by atoms with Crippen molar-refractivity contribution in [3.63, 3.8) is 0 Å². The van der Waals surface area contributed by atoms with E-state index in [4.69, 9.17) is 0 Å². The van der Waals surface area contributed by atoms with Crippen molar-refractivity contribution in [2.75, 3.05) is 19.6 Å². The fourth-order valence-corrected chi connectivity index (χ4v) is 4.23. The van der Waals surface area contributed by atoms with Crippen molar-refractivity contribution in [3.8, 4) is 0 Å². The highest BCUT2D eigenvalue weighted by atomic mass is 35.5. The van der Waals surface area contributed by atoms with E-state index in [1.165, 1.54) is 4.68 Å². The maximum atomic E-state index is 13.1. The number of H-pyrrole nitrogens is 1. The highest BCUT2D eigenvalue weighted by molar-refractivity contribution is 5.85. The van der Waals surface area contributed by atoms with Crippen LogP contribution in [0.15, 0.2) is 29.3 Å². The minimum absolute atomic E-state index is 0. The number of nitrogens with one attached hydrogen (secondary N) is 2. The first-order valence-corrected chi connectivity index (χ1v) is 9.92. The Hall–Kier alpha value is -2.42. The maximum absolute atomic E-state index is 13.1. The normalized spacial score (nSPS) is 16.0. The minimum atomic E-state index is -0.0867. The Morgan fingerprint density at radius 3 is 2.77 bits per heavy atom. The van der Waals surface area contributed by atoms with Gasteiger partial charge in [-0.2, -0.15) is 0 Å². The number of hydrogen-bond acceptors (Lipinski definition) is 5. The van der Waals surface area contributed by atoms with Gasteiger partial charge >= 0.3 is 0 Å². The number of carbonyl (C=O) groups is 1. The van der Waals surface area contributed by atoms with Gasteiger partial charge in [0.15, 0.2) is 5.65 Å². The van der Waals surface area contributed by atoms with Crippen molar-refractivity contribution in [2.45, 2.75) is 32.7 Å². The zero-order valence-electron chi connectivity index (χ0n) is 17.8. The van der Waals surface area contributed by atoms with Crippen molar-refractivity contribution >= 4 is 41.8 Å². The Labute approximate surface area is 193 Å². The van der Waals surface area contributed by atoms with Crippen molar-refractivity contribution in [1.82, 2.24) is 30.0 Å². The van der Waals surface area contributed by atoms with E-state index < -0.39 is 0 Å². The average Bonchev–Trinajstić information content (AvgIpc) is 3.01. The summed E-state index contributed by atoms with van der Waals surface area (Å²) in [5.74, 6) is 0.112. The van der Waals surface area contributed by atoms with E-state index in [9.17, 15) is 9.59 Å². The standard InChI is InChI=1S/C21H26N6O2.2ClH/c1-13-16(14(2)24-20-19(13)21(29)26(3)25-20)6-7-18(28)27-10-9-23-12-17(27)15-5-4-8-22-11-15;;/h4-5,8,11,17,23H,6-7,9-10,12H2,1-3H3,(H,24,25);2*1H. The summed E-state index contributed by atoms with van der Waals surface area (Å²) in [6, 6.07) is 3.90. The monoisotopic (exact) mass is 466 g/mol. The van der Waals surface area contributed by atoms with Gasteiger partial charge in [-0.05, 0) is 43.0 Å². The van der Waals surface area contributed by atoms with E-state index in [-0.39, 0.29) is 42.3 Å². The topological polar surface area (TPSA) is 95.9 Å². The number of aromatic amines is 1. The summed E-state index contributed by atoms with van der Waals surface area (Å²) in [4.78, 5) is 36.2. The number of carbonyl (C=O) groups excluding carboxylic acids is 1. The number of aromatic nitrogens is 4. The van der Waals surface area contributed by atoms with Crippen LogP contribution >= 0.6 is 24.8 Å². The van der Waals surface area contributed by atoms with E-state index in [1.54, 1.807) is 13.2 Å². The lowest BCUT2D eigenvalue weighted by Gasteiger charge is -2.36. The first kappa shape index (κ1) is 24.8. The number of halogens is 2. The summed E-state index contributed by atoms with van der Waals surface area (Å²) in [5.41, 5.74) is 4.30. The lowest BCUT2D eigenvalue weighted by molar-refractivity contribution is -0.134. The van der Waals surface area contributed by atoms with Crippen molar-refractivity contribution in [3.05, 3.63) is 57.3 Å². The second-order valence-electron chi connectivity index (χ2n) is 7.59. The van der Waals surface area contributed by atoms with Crippen LogP contribution in [-0.2, 0) is 18.3 Å². The van der Waals surface area contributed by atoms with Gasteiger partial charge in [-0.1, -0.05) is 6.07 Å². The molecule has 4 rings (SSSR count). The highest BCUT2D eigenvalue weighted by Crippen LogP contribution is 2.24. The third kappa shape index (κ3) is 4.76. The van der Waals surface area contributed by atoms with Gasteiger partial charge < -0.3 is 10.2 Å². The molecule has 1 fully saturated rings. The fourth-order valence-electron chi connectivity index (χ4n) is 4.23. The van der Waals surface area contributed by atoms with E-state index in [0.29, 0.717) is 30.4 Å². The molecule has 2 N–H and O–H groups in total. The number of pyridine rings is 2. The first-order valence-electron chi connectivity index (χ1n) is 9.92. The number of fused-ring (bicyclic) bond motifs is 1. The molecule has 0 saturated carbocycles. The zero-order chi connectivity index (χ0) is 20.5. The van der Waals surface area contributed by atoms with E-state index in [0.717, 1.165) is 35.5 Å². The number of hydrogen-bond donors (Lipinski definition) is 2. The van der Waals surface area contributed by atoms with Gasteiger partial charge in [-0.15, -0.1) is 24.8 Å². The van der Waals surface area contributed by atoms with Gasteiger partial charge in [0.05, 0.1) is 11.4 Å².